The fourth-order valence-electron chi connectivity index (χ4n) is 4.97. The van der Waals surface area contributed by atoms with E-state index < -0.39 is 10.0 Å². The van der Waals surface area contributed by atoms with Gasteiger partial charge in [-0.15, -0.1) is 0 Å². The van der Waals surface area contributed by atoms with E-state index in [4.69, 9.17) is 9.26 Å². The van der Waals surface area contributed by atoms with Gasteiger partial charge in [0.15, 0.2) is 5.69 Å². The summed E-state index contributed by atoms with van der Waals surface area (Å²) in [6.07, 6.45) is 2.86. The number of nitrogens with zero attached hydrogens (tertiary/aromatic N) is 3. The van der Waals surface area contributed by atoms with Crippen LogP contribution in [0.3, 0.4) is 0 Å². The average molecular weight is 537 g/mol. The zero-order valence-corrected chi connectivity index (χ0v) is 22.8. The van der Waals surface area contributed by atoms with Crippen LogP contribution < -0.4 is 10.1 Å². The first-order chi connectivity index (χ1) is 18.2. The van der Waals surface area contributed by atoms with Gasteiger partial charge in [-0.05, 0) is 76.1 Å². The number of amides is 1. The maximum atomic E-state index is 13.4. The largest absolute Gasteiger partial charge is 0.491 e. The highest BCUT2D eigenvalue weighted by atomic mass is 32.2. The summed E-state index contributed by atoms with van der Waals surface area (Å²) in [7, 11) is -3.61. The van der Waals surface area contributed by atoms with E-state index in [9.17, 15) is 13.2 Å². The van der Waals surface area contributed by atoms with Gasteiger partial charge >= 0.3 is 0 Å². The number of nitrogens with one attached hydrogen (secondary N) is 1. The topological polar surface area (TPSA) is 107 Å². The third-order valence-corrected chi connectivity index (χ3v) is 8.68. The van der Waals surface area contributed by atoms with E-state index >= 15 is 0 Å². The van der Waals surface area contributed by atoms with E-state index in [1.165, 1.54) is 0 Å². The molecular formula is C28H32N4O5S. The molecule has 0 saturated carbocycles. The lowest BCUT2D eigenvalue weighted by Crippen LogP contribution is -2.28. The number of carbonyl (C=O) groups excluding carboxylic acids is 1. The molecular weight excluding hydrogens is 504 g/mol. The summed E-state index contributed by atoms with van der Waals surface area (Å²) in [5.41, 5.74) is 2.98. The zero-order valence-electron chi connectivity index (χ0n) is 22.0. The molecule has 200 valence electrons. The molecule has 1 saturated heterocycles. The van der Waals surface area contributed by atoms with E-state index in [0.717, 1.165) is 29.4 Å². The number of hydrogen-bond donors (Lipinski definition) is 1. The molecule has 0 radical (unpaired) electrons. The number of aromatic nitrogens is 2. The summed E-state index contributed by atoms with van der Waals surface area (Å²) in [5, 5.41) is 7.72. The van der Waals surface area contributed by atoms with Gasteiger partial charge in [-0.3, -0.25) is 4.79 Å². The highest BCUT2D eigenvalue weighted by molar-refractivity contribution is 7.89. The van der Waals surface area contributed by atoms with Crippen molar-refractivity contribution in [3.05, 3.63) is 71.7 Å². The quantitative estimate of drug-likeness (QED) is 0.333. The van der Waals surface area contributed by atoms with E-state index in [1.54, 1.807) is 41.6 Å². The van der Waals surface area contributed by atoms with Crippen LogP contribution in [0.5, 0.6) is 5.75 Å². The van der Waals surface area contributed by atoms with Crippen LogP contribution in [0.25, 0.3) is 10.9 Å². The van der Waals surface area contributed by atoms with E-state index in [1.807, 2.05) is 32.0 Å². The van der Waals surface area contributed by atoms with Crippen LogP contribution in [0.15, 0.2) is 64.1 Å². The fourth-order valence-corrected chi connectivity index (χ4v) is 6.47. The molecule has 1 atom stereocenters. The van der Waals surface area contributed by atoms with Crippen molar-refractivity contribution in [2.75, 3.05) is 18.4 Å². The number of benzene rings is 2. The molecule has 1 aliphatic heterocycles. The maximum absolute atomic E-state index is 13.4. The third-order valence-electron chi connectivity index (χ3n) is 6.80. The number of hydrogen-bond acceptors (Lipinski definition) is 6. The Kier molecular flexibility index (Phi) is 7.02. The minimum absolute atomic E-state index is 0.0205. The van der Waals surface area contributed by atoms with Crippen molar-refractivity contribution in [1.29, 1.82) is 0 Å². The molecule has 2 aromatic carbocycles. The lowest BCUT2D eigenvalue weighted by atomic mass is 9.98. The van der Waals surface area contributed by atoms with Gasteiger partial charge in [0.2, 0.25) is 10.0 Å². The van der Waals surface area contributed by atoms with Gasteiger partial charge in [-0.1, -0.05) is 11.2 Å². The van der Waals surface area contributed by atoms with Crippen LogP contribution in [0.1, 0.15) is 54.9 Å². The maximum Gasteiger partial charge on any atom is 0.277 e. The van der Waals surface area contributed by atoms with Gasteiger partial charge < -0.3 is 19.1 Å². The summed E-state index contributed by atoms with van der Waals surface area (Å²) in [4.78, 5) is 12.8. The van der Waals surface area contributed by atoms with Gasteiger partial charge in [-0.25, -0.2) is 8.42 Å². The molecule has 3 heterocycles. The first-order valence-corrected chi connectivity index (χ1v) is 14.2. The first kappa shape index (κ1) is 26.0. The summed E-state index contributed by atoms with van der Waals surface area (Å²) in [6.45, 7) is 9.28. The molecule has 5 rings (SSSR count). The Morgan fingerprint density at radius 3 is 2.61 bits per heavy atom. The minimum Gasteiger partial charge on any atom is -0.491 e. The molecule has 10 heteroatoms. The van der Waals surface area contributed by atoms with Crippen LogP contribution in [0, 0.1) is 6.92 Å². The minimum atomic E-state index is -3.61. The molecule has 0 aliphatic carbocycles. The summed E-state index contributed by atoms with van der Waals surface area (Å²) in [6, 6.07) is 14.0. The molecule has 0 spiro atoms. The molecule has 38 heavy (non-hydrogen) atoms. The van der Waals surface area contributed by atoms with Crippen LogP contribution >= 0.6 is 0 Å². The standard InChI is InChI=1S/C28H32N4O5S/c1-5-31-17-25(24-11-6-21(15-27(24)31)29-28(33)26-14-19(4)37-30-26)20-12-13-32(16-20)38(34,35)23-9-7-22(8-10-23)36-18(2)3/h6-11,14-15,17-18,20H,5,12-13,16H2,1-4H3,(H,29,33). The number of sulfonamides is 1. The molecule has 1 amide bonds. The van der Waals surface area contributed by atoms with Gasteiger partial charge in [0.25, 0.3) is 5.91 Å². The Hall–Kier alpha value is -3.63. The summed E-state index contributed by atoms with van der Waals surface area (Å²) < 4.78 is 41.1. The van der Waals surface area contributed by atoms with Crippen molar-refractivity contribution in [2.24, 2.45) is 0 Å². The van der Waals surface area contributed by atoms with Gasteiger partial charge in [0.05, 0.1) is 16.5 Å². The van der Waals surface area contributed by atoms with Crippen LogP contribution in [-0.2, 0) is 16.6 Å². The summed E-state index contributed by atoms with van der Waals surface area (Å²) >= 11 is 0. The Morgan fingerprint density at radius 1 is 1.18 bits per heavy atom. The highest BCUT2D eigenvalue weighted by Crippen LogP contribution is 2.37. The van der Waals surface area contributed by atoms with E-state index in [-0.39, 0.29) is 28.5 Å². The zero-order chi connectivity index (χ0) is 27.0. The Balaban J connectivity index is 1.35. The Morgan fingerprint density at radius 2 is 1.95 bits per heavy atom. The second kappa shape index (κ2) is 10.3. The fraction of sp³-hybridized carbons (Fsp3) is 0.357. The Bertz CT molecular complexity index is 1570. The van der Waals surface area contributed by atoms with Crippen LogP contribution in [0.2, 0.25) is 0 Å². The van der Waals surface area contributed by atoms with Crippen molar-refractivity contribution < 1.29 is 22.5 Å². The predicted molar refractivity (Wildman–Crippen MR) is 145 cm³/mol. The first-order valence-electron chi connectivity index (χ1n) is 12.8. The lowest BCUT2D eigenvalue weighted by molar-refractivity contribution is 0.101. The molecule has 1 aliphatic rings. The second-order valence-corrected chi connectivity index (χ2v) is 11.8. The molecule has 0 bridgehead atoms. The van der Waals surface area contributed by atoms with E-state index in [0.29, 0.717) is 30.3 Å². The van der Waals surface area contributed by atoms with Crippen molar-refractivity contribution in [3.8, 4) is 5.75 Å². The number of carbonyl (C=O) groups is 1. The summed E-state index contributed by atoms with van der Waals surface area (Å²) in [5.74, 6) is 0.954. The van der Waals surface area contributed by atoms with Crippen molar-refractivity contribution in [1.82, 2.24) is 14.0 Å². The molecule has 9 nitrogen and oxygen atoms in total. The monoisotopic (exact) mass is 536 g/mol. The van der Waals surface area contributed by atoms with Gasteiger partial charge in [0, 0.05) is 48.9 Å². The van der Waals surface area contributed by atoms with Gasteiger partial charge in [0.1, 0.15) is 11.5 Å². The van der Waals surface area contributed by atoms with Gasteiger partial charge in [-0.2, -0.15) is 4.31 Å². The number of rotatable bonds is 8. The number of aryl methyl sites for hydroxylation is 2. The number of ether oxygens (including phenoxy) is 1. The number of fused-ring (bicyclic) bond motifs is 1. The average Bonchev–Trinajstić information content (AvgIpc) is 3.62. The lowest BCUT2D eigenvalue weighted by Gasteiger charge is -2.17. The Labute approximate surface area is 222 Å². The smallest absolute Gasteiger partial charge is 0.277 e. The van der Waals surface area contributed by atoms with Crippen LogP contribution in [0.4, 0.5) is 5.69 Å². The normalized spacial score (nSPS) is 16.4. The SMILES string of the molecule is CCn1cc(C2CCN(S(=O)(=O)c3ccc(OC(C)C)cc3)C2)c2ccc(NC(=O)c3cc(C)on3)cc21. The van der Waals surface area contributed by atoms with E-state index in [2.05, 4.69) is 28.2 Å². The third kappa shape index (κ3) is 5.06. The second-order valence-electron chi connectivity index (χ2n) is 9.87. The highest BCUT2D eigenvalue weighted by Gasteiger charge is 2.34. The molecule has 1 fully saturated rings. The van der Waals surface area contributed by atoms with Crippen LogP contribution in [-0.4, -0.2) is 47.5 Å². The molecule has 1 unspecified atom stereocenters. The van der Waals surface area contributed by atoms with Crippen molar-refractivity contribution in [2.45, 2.75) is 57.6 Å². The number of anilines is 1. The molecule has 1 N–H and O–H groups in total. The molecule has 2 aromatic heterocycles. The molecule has 4 aromatic rings. The predicted octanol–water partition coefficient (Wildman–Crippen LogP) is 5.18. The van der Waals surface area contributed by atoms with Crippen molar-refractivity contribution >= 4 is 32.5 Å². The van der Waals surface area contributed by atoms with Crippen molar-refractivity contribution in [3.63, 3.8) is 0 Å².